The number of carbonyl (C=O) groups excluding carboxylic acids is 1. The van der Waals surface area contributed by atoms with Crippen molar-refractivity contribution in [3.05, 3.63) is 33.4 Å². The van der Waals surface area contributed by atoms with Gasteiger partial charge in [-0.25, -0.2) is 0 Å². The summed E-state index contributed by atoms with van der Waals surface area (Å²) < 4.78 is 5.12. The highest BCUT2D eigenvalue weighted by atomic mass is 16.6. The van der Waals surface area contributed by atoms with Gasteiger partial charge in [0.25, 0.3) is 5.91 Å². The number of likely N-dealkylation sites (tertiary alicyclic amines) is 1. The zero-order valence-electron chi connectivity index (χ0n) is 11.7. The highest BCUT2D eigenvalue weighted by Gasteiger charge is 2.27. The molecule has 0 aromatic heterocycles. The summed E-state index contributed by atoms with van der Waals surface area (Å²) in [5.74, 6) is -0.135. The summed E-state index contributed by atoms with van der Waals surface area (Å²) in [6.07, 6.45) is 3.07. The van der Waals surface area contributed by atoms with Crippen molar-refractivity contribution in [1.82, 2.24) is 4.90 Å². The lowest BCUT2D eigenvalue weighted by Crippen LogP contribution is -2.35. The summed E-state index contributed by atoms with van der Waals surface area (Å²) in [4.78, 5) is 24.8. The van der Waals surface area contributed by atoms with Crippen molar-refractivity contribution in [1.29, 1.82) is 0 Å². The first kappa shape index (κ1) is 14.3. The SMILES string of the molecule is COc1c(C(=O)N2CCCCC2)cc(C)cc1[N+](=O)[O-]. The number of amides is 1. The van der Waals surface area contributed by atoms with Crippen LogP contribution in [0.25, 0.3) is 0 Å². The Bertz CT molecular complexity index is 536. The van der Waals surface area contributed by atoms with Gasteiger partial charge >= 0.3 is 5.69 Å². The van der Waals surface area contributed by atoms with E-state index in [-0.39, 0.29) is 22.9 Å². The van der Waals surface area contributed by atoms with E-state index in [1.54, 1.807) is 17.9 Å². The first-order valence-electron chi connectivity index (χ1n) is 6.67. The second kappa shape index (κ2) is 5.90. The molecular weight excluding hydrogens is 260 g/mol. The minimum Gasteiger partial charge on any atom is -0.490 e. The number of hydrogen-bond donors (Lipinski definition) is 0. The minimum atomic E-state index is -0.515. The third-order valence-electron chi connectivity index (χ3n) is 3.49. The molecule has 1 aromatic rings. The molecule has 0 N–H and O–H groups in total. The fourth-order valence-corrected chi connectivity index (χ4v) is 2.53. The Hall–Kier alpha value is -2.11. The lowest BCUT2D eigenvalue weighted by atomic mass is 10.1. The van der Waals surface area contributed by atoms with E-state index in [4.69, 9.17) is 4.74 Å². The highest BCUT2D eigenvalue weighted by Crippen LogP contribution is 2.33. The van der Waals surface area contributed by atoms with Gasteiger partial charge in [-0.05, 0) is 37.8 Å². The number of aryl methyl sites for hydroxylation is 1. The molecule has 1 saturated heterocycles. The molecule has 1 aliphatic rings. The van der Waals surface area contributed by atoms with Gasteiger partial charge < -0.3 is 9.64 Å². The molecule has 1 aromatic carbocycles. The normalized spacial score (nSPS) is 15.0. The fourth-order valence-electron chi connectivity index (χ4n) is 2.53. The minimum absolute atomic E-state index is 0.0520. The van der Waals surface area contributed by atoms with Crippen molar-refractivity contribution >= 4 is 11.6 Å². The number of nitrogens with zero attached hydrogens (tertiary/aromatic N) is 2. The molecule has 20 heavy (non-hydrogen) atoms. The number of benzene rings is 1. The number of hydrogen-bond acceptors (Lipinski definition) is 4. The lowest BCUT2D eigenvalue weighted by molar-refractivity contribution is -0.385. The highest BCUT2D eigenvalue weighted by molar-refractivity contribution is 5.98. The van der Waals surface area contributed by atoms with Crippen LogP contribution < -0.4 is 4.74 Å². The van der Waals surface area contributed by atoms with Crippen LogP contribution in [0.2, 0.25) is 0 Å². The first-order valence-corrected chi connectivity index (χ1v) is 6.67. The molecule has 0 saturated carbocycles. The third-order valence-corrected chi connectivity index (χ3v) is 3.49. The molecule has 0 aliphatic carbocycles. The molecule has 0 atom stereocenters. The number of carbonyl (C=O) groups is 1. The van der Waals surface area contributed by atoms with Crippen LogP contribution in [0.15, 0.2) is 12.1 Å². The summed E-state index contributed by atoms with van der Waals surface area (Å²) in [5.41, 5.74) is 0.798. The second-order valence-electron chi connectivity index (χ2n) is 4.97. The Morgan fingerprint density at radius 1 is 1.30 bits per heavy atom. The first-order chi connectivity index (χ1) is 9.54. The predicted octanol–water partition coefficient (Wildman–Crippen LogP) is 2.54. The zero-order chi connectivity index (χ0) is 14.7. The monoisotopic (exact) mass is 278 g/mol. The predicted molar refractivity (Wildman–Crippen MR) is 74.1 cm³/mol. The smallest absolute Gasteiger partial charge is 0.312 e. The number of ether oxygens (including phenoxy) is 1. The molecular formula is C14H18N2O4. The molecule has 6 heteroatoms. The van der Waals surface area contributed by atoms with Crippen molar-refractivity contribution < 1.29 is 14.5 Å². The molecule has 6 nitrogen and oxygen atoms in total. The van der Waals surface area contributed by atoms with E-state index in [1.165, 1.54) is 13.2 Å². The summed E-state index contributed by atoms with van der Waals surface area (Å²) in [6.45, 7) is 3.13. The Balaban J connectivity index is 2.43. The maximum Gasteiger partial charge on any atom is 0.312 e. The average Bonchev–Trinajstić information content (AvgIpc) is 2.46. The molecule has 2 rings (SSSR count). The number of nitro benzene ring substituents is 1. The van der Waals surface area contributed by atoms with Gasteiger partial charge in [-0.3, -0.25) is 14.9 Å². The van der Waals surface area contributed by atoms with Gasteiger partial charge in [-0.2, -0.15) is 0 Å². The summed E-state index contributed by atoms with van der Waals surface area (Å²) in [5, 5.41) is 11.1. The molecule has 0 spiro atoms. The number of rotatable bonds is 3. The van der Waals surface area contributed by atoms with E-state index < -0.39 is 4.92 Å². The number of methoxy groups -OCH3 is 1. The number of piperidine rings is 1. The van der Waals surface area contributed by atoms with E-state index in [1.807, 2.05) is 0 Å². The summed E-state index contributed by atoms with van der Waals surface area (Å²) in [7, 11) is 1.35. The van der Waals surface area contributed by atoms with Gasteiger partial charge in [0.15, 0.2) is 0 Å². The van der Waals surface area contributed by atoms with Gasteiger partial charge in [0.05, 0.1) is 17.6 Å². The van der Waals surface area contributed by atoms with Gasteiger partial charge in [0, 0.05) is 19.2 Å². The van der Waals surface area contributed by atoms with Crippen LogP contribution in [0.1, 0.15) is 35.2 Å². The topological polar surface area (TPSA) is 72.7 Å². The van der Waals surface area contributed by atoms with Crippen LogP contribution in [0, 0.1) is 17.0 Å². The van der Waals surface area contributed by atoms with E-state index >= 15 is 0 Å². The molecule has 1 aliphatic heterocycles. The van der Waals surface area contributed by atoms with E-state index in [0.717, 1.165) is 19.3 Å². The molecule has 0 unspecified atom stereocenters. The van der Waals surface area contributed by atoms with Crippen molar-refractivity contribution in [3.8, 4) is 5.75 Å². The van der Waals surface area contributed by atoms with E-state index in [2.05, 4.69) is 0 Å². The van der Waals surface area contributed by atoms with Crippen LogP contribution in [-0.2, 0) is 0 Å². The Kier molecular flexibility index (Phi) is 4.22. The molecule has 0 radical (unpaired) electrons. The maximum atomic E-state index is 12.5. The molecule has 1 fully saturated rings. The van der Waals surface area contributed by atoms with Crippen molar-refractivity contribution in [3.63, 3.8) is 0 Å². The molecule has 108 valence electrons. The summed E-state index contributed by atoms with van der Waals surface area (Å²) in [6, 6.07) is 3.08. The zero-order valence-corrected chi connectivity index (χ0v) is 11.7. The van der Waals surface area contributed by atoms with Crippen molar-refractivity contribution in [2.45, 2.75) is 26.2 Å². The van der Waals surface area contributed by atoms with Gasteiger partial charge in [0.2, 0.25) is 5.75 Å². The van der Waals surface area contributed by atoms with Gasteiger partial charge in [-0.15, -0.1) is 0 Å². The van der Waals surface area contributed by atoms with Crippen LogP contribution in [0.3, 0.4) is 0 Å². The Labute approximate surface area is 117 Å². The second-order valence-corrected chi connectivity index (χ2v) is 4.97. The van der Waals surface area contributed by atoms with Crippen LogP contribution in [0.5, 0.6) is 5.75 Å². The Morgan fingerprint density at radius 2 is 1.95 bits per heavy atom. The quantitative estimate of drug-likeness (QED) is 0.629. The largest absolute Gasteiger partial charge is 0.490 e. The van der Waals surface area contributed by atoms with Crippen molar-refractivity contribution in [2.75, 3.05) is 20.2 Å². The lowest BCUT2D eigenvalue weighted by Gasteiger charge is -2.27. The summed E-state index contributed by atoms with van der Waals surface area (Å²) >= 11 is 0. The number of nitro groups is 1. The fraction of sp³-hybridized carbons (Fsp3) is 0.500. The molecule has 0 bridgehead atoms. The Morgan fingerprint density at radius 3 is 2.50 bits per heavy atom. The van der Waals surface area contributed by atoms with Crippen LogP contribution >= 0.6 is 0 Å². The molecule has 1 heterocycles. The van der Waals surface area contributed by atoms with E-state index in [9.17, 15) is 14.9 Å². The molecule has 1 amide bonds. The maximum absolute atomic E-state index is 12.5. The third kappa shape index (κ3) is 2.74. The van der Waals surface area contributed by atoms with Crippen LogP contribution in [0.4, 0.5) is 5.69 Å². The van der Waals surface area contributed by atoms with Gasteiger partial charge in [0.1, 0.15) is 0 Å². The van der Waals surface area contributed by atoms with Crippen LogP contribution in [-0.4, -0.2) is 35.9 Å². The average molecular weight is 278 g/mol. The van der Waals surface area contributed by atoms with Gasteiger partial charge in [-0.1, -0.05) is 0 Å². The standard InChI is InChI=1S/C14H18N2O4/c1-10-8-11(13(20-2)12(9-10)16(18)19)14(17)15-6-4-3-5-7-15/h8-9H,3-7H2,1-2H3. The van der Waals surface area contributed by atoms with Crippen molar-refractivity contribution in [2.24, 2.45) is 0 Å². The van der Waals surface area contributed by atoms with E-state index in [0.29, 0.717) is 18.7 Å².